The van der Waals surface area contributed by atoms with Gasteiger partial charge < -0.3 is 9.47 Å². The van der Waals surface area contributed by atoms with Crippen molar-refractivity contribution in [1.82, 2.24) is 0 Å². The fourth-order valence-corrected chi connectivity index (χ4v) is 8.29. The largest absolute Gasteiger partial charge is 0.481 e. The molecule has 0 saturated heterocycles. The fraction of sp³-hybridized carbons (Fsp3) is 0.216. The molecule has 1 saturated carbocycles. The molecular formula is C37H35O3S+. The minimum absolute atomic E-state index is 0.112. The van der Waals surface area contributed by atoms with Gasteiger partial charge in [0.1, 0.15) is 11.4 Å². The number of fused-ring (bicyclic) bond motifs is 1. The lowest BCUT2D eigenvalue weighted by molar-refractivity contribution is -0.163. The third-order valence-corrected chi connectivity index (χ3v) is 10.2. The molecule has 0 atom stereocenters. The molecule has 0 unspecified atom stereocenters. The number of ether oxygens (including phenoxy) is 2. The van der Waals surface area contributed by atoms with Gasteiger partial charge in [0.05, 0.1) is 10.9 Å². The summed E-state index contributed by atoms with van der Waals surface area (Å²) < 4.78 is 12.4. The smallest absolute Gasteiger partial charge is 0.345 e. The second-order valence-corrected chi connectivity index (χ2v) is 12.9. The first-order chi connectivity index (χ1) is 20.0. The lowest BCUT2D eigenvalue weighted by atomic mass is 9.90. The highest BCUT2D eigenvalue weighted by Crippen LogP contribution is 2.43. The SMILES string of the molecule is Cc1cc([S+](c2ccccc2)c2ccccc2)cc(C)c1OCC(=O)OC1(c2ccc3ccccc3c2)CCCC1. The van der Waals surface area contributed by atoms with Crippen molar-refractivity contribution in [3.63, 3.8) is 0 Å². The van der Waals surface area contributed by atoms with Crippen LogP contribution in [0.2, 0.25) is 0 Å². The maximum Gasteiger partial charge on any atom is 0.345 e. The molecule has 1 aliphatic rings. The Balaban J connectivity index is 1.21. The van der Waals surface area contributed by atoms with Crippen LogP contribution < -0.4 is 4.74 Å². The lowest BCUT2D eigenvalue weighted by Crippen LogP contribution is -2.32. The van der Waals surface area contributed by atoms with E-state index in [-0.39, 0.29) is 23.5 Å². The molecule has 1 fully saturated rings. The third-order valence-electron chi connectivity index (χ3n) is 7.96. The Kier molecular flexibility index (Phi) is 7.84. The van der Waals surface area contributed by atoms with Crippen LogP contribution in [0.1, 0.15) is 42.4 Å². The van der Waals surface area contributed by atoms with E-state index < -0.39 is 5.60 Å². The highest BCUT2D eigenvalue weighted by molar-refractivity contribution is 7.97. The van der Waals surface area contributed by atoms with E-state index in [0.717, 1.165) is 48.1 Å². The van der Waals surface area contributed by atoms with E-state index in [2.05, 4.69) is 117 Å². The molecule has 206 valence electrons. The first-order valence-electron chi connectivity index (χ1n) is 14.3. The van der Waals surface area contributed by atoms with Crippen LogP contribution in [0.4, 0.5) is 0 Å². The van der Waals surface area contributed by atoms with Crippen LogP contribution >= 0.6 is 0 Å². The second kappa shape index (κ2) is 11.8. The number of rotatable bonds is 8. The van der Waals surface area contributed by atoms with Crippen LogP contribution in [0.15, 0.2) is 130 Å². The number of aryl methyl sites for hydroxylation is 2. The van der Waals surface area contributed by atoms with E-state index >= 15 is 0 Å². The molecule has 6 rings (SSSR count). The lowest BCUT2D eigenvalue weighted by Gasteiger charge is -2.30. The Hall–Kier alpha value is -4.02. The summed E-state index contributed by atoms with van der Waals surface area (Å²) in [5, 5.41) is 2.36. The zero-order valence-corrected chi connectivity index (χ0v) is 24.5. The first-order valence-corrected chi connectivity index (χ1v) is 15.5. The molecule has 0 N–H and O–H groups in total. The molecule has 0 bridgehead atoms. The number of esters is 1. The van der Waals surface area contributed by atoms with E-state index in [9.17, 15) is 4.79 Å². The molecule has 0 spiro atoms. The minimum atomic E-state index is -0.585. The molecule has 5 aromatic rings. The van der Waals surface area contributed by atoms with Gasteiger partial charge in [-0.2, -0.15) is 0 Å². The zero-order valence-electron chi connectivity index (χ0n) is 23.6. The van der Waals surface area contributed by atoms with Gasteiger partial charge in [-0.05, 0) is 97.3 Å². The van der Waals surface area contributed by atoms with Crippen molar-refractivity contribution >= 4 is 27.6 Å². The van der Waals surface area contributed by atoms with Crippen molar-refractivity contribution in [3.05, 3.63) is 132 Å². The van der Waals surface area contributed by atoms with Crippen LogP contribution in [0.25, 0.3) is 10.8 Å². The van der Waals surface area contributed by atoms with E-state index in [0.29, 0.717) is 0 Å². The predicted octanol–water partition coefficient (Wildman–Crippen LogP) is 8.94. The summed E-state index contributed by atoms with van der Waals surface area (Å²) in [6.45, 7) is 4.00. The van der Waals surface area contributed by atoms with Crippen LogP contribution in [0.5, 0.6) is 5.75 Å². The zero-order chi connectivity index (χ0) is 28.2. The summed E-state index contributed by atoms with van der Waals surface area (Å²) in [5.74, 6) is 0.429. The Labute approximate surface area is 245 Å². The number of benzene rings is 5. The molecule has 41 heavy (non-hydrogen) atoms. The van der Waals surface area contributed by atoms with Crippen molar-refractivity contribution in [2.45, 2.75) is 59.8 Å². The third kappa shape index (κ3) is 5.75. The summed E-state index contributed by atoms with van der Waals surface area (Å²) >= 11 is 0. The van der Waals surface area contributed by atoms with Gasteiger partial charge >= 0.3 is 5.97 Å². The molecule has 0 amide bonds. The van der Waals surface area contributed by atoms with E-state index in [4.69, 9.17) is 9.47 Å². The van der Waals surface area contributed by atoms with Gasteiger partial charge in [0.25, 0.3) is 0 Å². The van der Waals surface area contributed by atoms with E-state index in [1.165, 1.54) is 25.5 Å². The quantitative estimate of drug-likeness (QED) is 0.141. The second-order valence-electron chi connectivity index (χ2n) is 10.8. The van der Waals surface area contributed by atoms with Crippen LogP contribution in [0, 0.1) is 13.8 Å². The molecule has 0 aromatic heterocycles. The topological polar surface area (TPSA) is 35.5 Å². The number of carbonyl (C=O) groups excluding carboxylic acids is 1. The number of hydrogen-bond donors (Lipinski definition) is 0. The Bertz CT molecular complexity index is 1590. The molecule has 5 aromatic carbocycles. The highest BCUT2D eigenvalue weighted by Gasteiger charge is 2.40. The Morgan fingerprint density at radius 2 is 1.24 bits per heavy atom. The summed E-state index contributed by atoms with van der Waals surface area (Å²) in [7, 11) is -0.244. The molecule has 3 nitrogen and oxygen atoms in total. The van der Waals surface area contributed by atoms with Gasteiger partial charge in [-0.3, -0.25) is 0 Å². The molecule has 0 heterocycles. The van der Waals surface area contributed by atoms with Crippen molar-refractivity contribution < 1.29 is 14.3 Å². The Morgan fingerprint density at radius 1 is 0.683 bits per heavy atom. The summed E-state index contributed by atoms with van der Waals surface area (Å²) in [5.41, 5.74) is 2.52. The van der Waals surface area contributed by atoms with Crippen LogP contribution in [0.3, 0.4) is 0 Å². The average Bonchev–Trinajstić information content (AvgIpc) is 3.47. The van der Waals surface area contributed by atoms with E-state index in [1.807, 2.05) is 12.1 Å². The van der Waals surface area contributed by atoms with Crippen molar-refractivity contribution in [2.24, 2.45) is 0 Å². The van der Waals surface area contributed by atoms with Crippen LogP contribution in [-0.4, -0.2) is 12.6 Å². The van der Waals surface area contributed by atoms with Gasteiger partial charge in [0.15, 0.2) is 21.3 Å². The maximum atomic E-state index is 13.2. The van der Waals surface area contributed by atoms with Gasteiger partial charge in [0, 0.05) is 12.1 Å². The standard InChI is InChI=1S/C37H35O3S/c1-27-23-34(41(32-15-5-3-6-16-32)33-17-7-4-8-18-33)24-28(2)36(27)39-26-35(38)40-37(21-11-12-22-37)31-20-19-29-13-9-10-14-30(29)25-31/h3-10,13-20,23-25H,11-12,21-22,26H2,1-2H3/q+1. The monoisotopic (exact) mass is 559 g/mol. The molecule has 4 heteroatoms. The van der Waals surface area contributed by atoms with Gasteiger partial charge in [-0.15, -0.1) is 0 Å². The van der Waals surface area contributed by atoms with E-state index in [1.54, 1.807) is 0 Å². The molecular weight excluding hydrogens is 524 g/mol. The highest BCUT2D eigenvalue weighted by atomic mass is 32.2. The number of carbonyl (C=O) groups is 1. The van der Waals surface area contributed by atoms with Crippen LogP contribution in [-0.2, 0) is 26.0 Å². The maximum absolute atomic E-state index is 13.2. The summed E-state index contributed by atoms with van der Waals surface area (Å²) in [6.07, 6.45) is 3.77. The normalized spacial score (nSPS) is 14.3. The van der Waals surface area contributed by atoms with Crippen molar-refractivity contribution in [2.75, 3.05) is 6.61 Å². The summed E-state index contributed by atoms with van der Waals surface area (Å²) in [4.78, 5) is 17.0. The minimum Gasteiger partial charge on any atom is -0.481 e. The van der Waals surface area contributed by atoms with Crippen molar-refractivity contribution in [3.8, 4) is 5.75 Å². The first kappa shape index (κ1) is 27.2. The Morgan fingerprint density at radius 3 is 1.85 bits per heavy atom. The van der Waals surface area contributed by atoms with Gasteiger partial charge in [-0.1, -0.05) is 72.8 Å². The summed E-state index contributed by atoms with van der Waals surface area (Å²) in [6, 6.07) is 40.4. The van der Waals surface area contributed by atoms with Gasteiger partial charge in [-0.25, -0.2) is 4.79 Å². The number of hydrogen-bond acceptors (Lipinski definition) is 3. The predicted molar refractivity (Wildman–Crippen MR) is 167 cm³/mol. The van der Waals surface area contributed by atoms with Crippen molar-refractivity contribution in [1.29, 1.82) is 0 Å². The molecule has 0 aliphatic heterocycles. The fourth-order valence-electron chi connectivity index (χ4n) is 6.02. The molecule has 0 radical (unpaired) electrons. The average molecular weight is 560 g/mol. The molecule has 1 aliphatic carbocycles. The van der Waals surface area contributed by atoms with Gasteiger partial charge in [0.2, 0.25) is 0 Å².